The topological polar surface area (TPSA) is 0 Å². The summed E-state index contributed by atoms with van der Waals surface area (Å²) < 4.78 is 26.9. The van der Waals surface area contributed by atoms with Gasteiger partial charge in [0.1, 0.15) is 0 Å². The van der Waals surface area contributed by atoms with Crippen LogP contribution < -0.4 is 0 Å². The summed E-state index contributed by atoms with van der Waals surface area (Å²) in [6, 6.07) is 11.3. The van der Waals surface area contributed by atoms with E-state index in [1.807, 2.05) is 12.1 Å². The molecule has 110 valence electrons. The van der Waals surface area contributed by atoms with E-state index in [2.05, 4.69) is 12.1 Å². The van der Waals surface area contributed by atoms with Gasteiger partial charge in [-0.25, -0.2) is 8.78 Å². The molecule has 2 aromatic carbocycles. The highest BCUT2D eigenvalue weighted by Crippen LogP contribution is 2.33. The number of hydrogen-bond acceptors (Lipinski definition) is 0. The zero-order valence-electron chi connectivity index (χ0n) is 12.3. The Hall–Kier alpha value is -1.70. The molecule has 0 saturated heterocycles. The number of rotatable bonds is 2. The van der Waals surface area contributed by atoms with Crippen molar-refractivity contribution in [2.75, 3.05) is 0 Å². The summed E-state index contributed by atoms with van der Waals surface area (Å²) in [4.78, 5) is 0. The van der Waals surface area contributed by atoms with Crippen LogP contribution in [0.2, 0.25) is 0 Å². The molecule has 0 nitrogen and oxygen atoms in total. The third kappa shape index (κ3) is 2.99. The zero-order valence-corrected chi connectivity index (χ0v) is 12.3. The summed E-state index contributed by atoms with van der Waals surface area (Å²) in [5.74, 6) is -0.863. The highest BCUT2D eigenvalue weighted by atomic mass is 19.2. The molecule has 0 atom stereocenters. The standard InChI is InChI=1S/C19H20F2/c1-13-11-17(12-18(20)19(13)21)16-9-7-15(8-10-16)14-5-3-2-4-6-14/h7-12,14H,2-6H2,1H3. The first-order valence-electron chi connectivity index (χ1n) is 7.71. The van der Waals surface area contributed by atoms with Crippen LogP contribution in [0.3, 0.4) is 0 Å². The first kappa shape index (κ1) is 14.2. The molecule has 1 saturated carbocycles. The maximum Gasteiger partial charge on any atom is 0.161 e. The van der Waals surface area contributed by atoms with E-state index in [0.29, 0.717) is 11.5 Å². The fourth-order valence-electron chi connectivity index (χ4n) is 3.28. The fourth-order valence-corrected chi connectivity index (χ4v) is 3.28. The Morgan fingerprint density at radius 1 is 0.857 bits per heavy atom. The highest BCUT2D eigenvalue weighted by Gasteiger charge is 2.15. The predicted molar refractivity (Wildman–Crippen MR) is 82.4 cm³/mol. The second kappa shape index (κ2) is 5.97. The van der Waals surface area contributed by atoms with Crippen LogP contribution in [0.5, 0.6) is 0 Å². The van der Waals surface area contributed by atoms with Gasteiger partial charge in [-0.2, -0.15) is 0 Å². The third-order valence-electron chi connectivity index (χ3n) is 4.53. The highest BCUT2D eigenvalue weighted by molar-refractivity contribution is 5.64. The largest absolute Gasteiger partial charge is 0.204 e. The minimum Gasteiger partial charge on any atom is -0.204 e. The Bertz CT molecular complexity index is 600. The molecule has 2 aromatic rings. The van der Waals surface area contributed by atoms with Crippen molar-refractivity contribution in [2.24, 2.45) is 0 Å². The maximum absolute atomic E-state index is 13.5. The smallest absolute Gasteiger partial charge is 0.161 e. The maximum atomic E-state index is 13.5. The first-order chi connectivity index (χ1) is 10.1. The molecule has 0 radical (unpaired) electrons. The molecule has 0 aliphatic heterocycles. The lowest BCUT2D eigenvalue weighted by Crippen LogP contribution is -2.04. The van der Waals surface area contributed by atoms with E-state index in [0.717, 1.165) is 11.1 Å². The van der Waals surface area contributed by atoms with Crippen molar-refractivity contribution in [1.82, 2.24) is 0 Å². The summed E-state index contributed by atoms with van der Waals surface area (Å²) in [7, 11) is 0. The van der Waals surface area contributed by atoms with Crippen LogP contribution in [0.25, 0.3) is 11.1 Å². The Balaban J connectivity index is 1.87. The minimum absolute atomic E-state index is 0.348. The fraction of sp³-hybridized carbons (Fsp3) is 0.368. The van der Waals surface area contributed by atoms with Crippen molar-refractivity contribution in [3.8, 4) is 11.1 Å². The van der Waals surface area contributed by atoms with E-state index in [9.17, 15) is 8.78 Å². The van der Waals surface area contributed by atoms with Gasteiger partial charge in [0.15, 0.2) is 11.6 Å². The molecule has 0 N–H and O–H groups in total. The molecule has 0 bridgehead atoms. The molecule has 1 aliphatic carbocycles. The van der Waals surface area contributed by atoms with Crippen LogP contribution in [0.15, 0.2) is 36.4 Å². The first-order valence-corrected chi connectivity index (χ1v) is 7.71. The Morgan fingerprint density at radius 3 is 2.14 bits per heavy atom. The molecule has 1 fully saturated rings. The number of hydrogen-bond donors (Lipinski definition) is 0. The van der Waals surface area contributed by atoms with Gasteiger partial charge in [-0.3, -0.25) is 0 Å². The van der Waals surface area contributed by atoms with Gasteiger partial charge in [-0.05, 0) is 60.1 Å². The lowest BCUT2D eigenvalue weighted by Gasteiger charge is -2.22. The molecule has 3 rings (SSSR count). The minimum atomic E-state index is -0.777. The van der Waals surface area contributed by atoms with Crippen molar-refractivity contribution in [3.63, 3.8) is 0 Å². The quantitative estimate of drug-likeness (QED) is 0.636. The lowest BCUT2D eigenvalue weighted by atomic mass is 9.83. The Morgan fingerprint density at radius 2 is 1.52 bits per heavy atom. The van der Waals surface area contributed by atoms with Crippen molar-refractivity contribution < 1.29 is 8.78 Å². The van der Waals surface area contributed by atoms with E-state index in [1.165, 1.54) is 43.7 Å². The van der Waals surface area contributed by atoms with Gasteiger partial charge in [0.25, 0.3) is 0 Å². The molecule has 2 heteroatoms. The monoisotopic (exact) mass is 286 g/mol. The summed E-state index contributed by atoms with van der Waals surface area (Å²) in [6.07, 6.45) is 6.51. The van der Waals surface area contributed by atoms with Crippen LogP contribution in [0.1, 0.15) is 49.1 Å². The van der Waals surface area contributed by atoms with Crippen LogP contribution in [0, 0.1) is 18.6 Å². The van der Waals surface area contributed by atoms with E-state index in [4.69, 9.17) is 0 Å². The molecular formula is C19H20F2. The van der Waals surface area contributed by atoms with Gasteiger partial charge in [-0.1, -0.05) is 43.5 Å². The van der Waals surface area contributed by atoms with Gasteiger partial charge >= 0.3 is 0 Å². The third-order valence-corrected chi connectivity index (χ3v) is 4.53. The zero-order chi connectivity index (χ0) is 14.8. The normalized spacial score (nSPS) is 16.1. The molecule has 0 spiro atoms. The molecule has 0 amide bonds. The average molecular weight is 286 g/mol. The van der Waals surface area contributed by atoms with Crippen LogP contribution in [0.4, 0.5) is 8.78 Å². The van der Waals surface area contributed by atoms with Crippen molar-refractivity contribution in [2.45, 2.75) is 44.9 Å². The van der Waals surface area contributed by atoms with Gasteiger partial charge in [0, 0.05) is 0 Å². The molecule has 21 heavy (non-hydrogen) atoms. The van der Waals surface area contributed by atoms with Crippen LogP contribution >= 0.6 is 0 Å². The van der Waals surface area contributed by atoms with Gasteiger partial charge < -0.3 is 0 Å². The molecule has 0 aromatic heterocycles. The van der Waals surface area contributed by atoms with E-state index >= 15 is 0 Å². The van der Waals surface area contributed by atoms with Crippen LogP contribution in [-0.4, -0.2) is 0 Å². The lowest BCUT2D eigenvalue weighted by molar-refractivity contribution is 0.443. The Labute approximate surface area is 124 Å². The van der Waals surface area contributed by atoms with Crippen LogP contribution in [-0.2, 0) is 0 Å². The van der Waals surface area contributed by atoms with E-state index in [-0.39, 0.29) is 0 Å². The van der Waals surface area contributed by atoms with E-state index < -0.39 is 11.6 Å². The van der Waals surface area contributed by atoms with Crippen molar-refractivity contribution in [1.29, 1.82) is 0 Å². The summed E-state index contributed by atoms with van der Waals surface area (Å²) in [6.45, 7) is 1.60. The molecule has 0 heterocycles. The summed E-state index contributed by atoms with van der Waals surface area (Å²) >= 11 is 0. The average Bonchev–Trinajstić information content (AvgIpc) is 2.53. The number of halogens is 2. The molecular weight excluding hydrogens is 266 g/mol. The molecule has 1 aliphatic rings. The van der Waals surface area contributed by atoms with Gasteiger partial charge in [0.05, 0.1) is 0 Å². The van der Waals surface area contributed by atoms with E-state index in [1.54, 1.807) is 13.0 Å². The summed E-state index contributed by atoms with van der Waals surface area (Å²) in [5.41, 5.74) is 3.40. The Kier molecular flexibility index (Phi) is 4.05. The van der Waals surface area contributed by atoms with Crippen molar-refractivity contribution in [3.05, 3.63) is 59.2 Å². The SMILES string of the molecule is Cc1cc(-c2ccc(C3CCCCC3)cc2)cc(F)c1F. The summed E-state index contributed by atoms with van der Waals surface area (Å²) in [5, 5.41) is 0. The van der Waals surface area contributed by atoms with Gasteiger partial charge in [0.2, 0.25) is 0 Å². The van der Waals surface area contributed by atoms with Crippen molar-refractivity contribution >= 4 is 0 Å². The molecule has 0 unspecified atom stereocenters. The predicted octanol–water partition coefficient (Wildman–Crippen LogP) is 5.99. The second-order valence-electron chi connectivity index (χ2n) is 6.05. The number of aryl methyl sites for hydroxylation is 1. The second-order valence-corrected chi connectivity index (χ2v) is 6.05. The van der Waals surface area contributed by atoms with Gasteiger partial charge in [-0.15, -0.1) is 0 Å². The number of benzene rings is 2.